The van der Waals surface area contributed by atoms with E-state index in [1.54, 1.807) is 12.1 Å². The Morgan fingerprint density at radius 1 is 1.20 bits per heavy atom. The molecule has 2 N–H and O–H groups in total. The summed E-state index contributed by atoms with van der Waals surface area (Å²) in [6, 6.07) is 10.5. The number of nitrogens with zero attached hydrogens (tertiary/aromatic N) is 2. The number of thiocarbonyl (C=S) groups is 1. The zero-order valence-electron chi connectivity index (χ0n) is 17.2. The predicted molar refractivity (Wildman–Crippen MR) is 123 cm³/mol. The largest absolute Gasteiger partial charge is 0.366 e. The van der Waals surface area contributed by atoms with E-state index in [1.165, 1.54) is 6.07 Å². The summed E-state index contributed by atoms with van der Waals surface area (Å²) >= 11 is 5.31. The molecular weight excluding hydrogens is 400 g/mol. The lowest BCUT2D eigenvalue weighted by atomic mass is 10.1. The van der Waals surface area contributed by atoms with Crippen molar-refractivity contribution in [1.29, 1.82) is 0 Å². The van der Waals surface area contributed by atoms with Crippen LogP contribution in [0.15, 0.2) is 36.4 Å². The molecule has 1 aliphatic heterocycles. The quantitative estimate of drug-likeness (QED) is 0.413. The van der Waals surface area contributed by atoms with Crippen molar-refractivity contribution < 1.29 is 9.72 Å². The van der Waals surface area contributed by atoms with Crippen LogP contribution in [0.2, 0.25) is 0 Å². The maximum Gasteiger partial charge on any atom is 0.293 e. The van der Waals surface area contributed by atoms with Gasteiger partial charge in [0, 0.05) is 30.4 Å². The molecule has 1 aliphatic rings. The first-order valence-corrected chi connectivity index (χ1v) is 10.6. The lowest BCUT2D eigenvalue weighted by Crippen LogP contribution is -2.35. The number of carbonyl (C=O) groups excluding carboxylic acids is 1. The number of rotatable bonds is 5. The maximum absolute atomic E-state index is 12.7. The number of carbonyl (C=O) groups is 1. The molecule has 8 heteroatoms. The number of benzene rings is 2. The molecule has 0 aliphatic carbocycles. The summed E-state index contributed by atoms with van der Waals surface area (Å²) in [5, 5.41) is 17.5. The molecule has 1 heterocycles. The molecule has 1 fully saturated rings. The molecule has 2 aromatic carbocycles. The van der Waals surface area contributed by atoms with E-state index in [2.05, 4.69) is 10.6 Å². The first-order valence-electron chi connectivity index (χ1n) is 10.1. The van der Waals surface area contributed by atoms with Crippen molar-refractivity contribution in [2.24, 2.45) is 0 Å². The van der Waals surface area contributed by atoms with Gasteiger partial charge in [-0.3, -0.25) is 20.2 Å². The lowest BCUT2D eigenvalue weighted by Gasteiger charge is -2.28. The van der Waals surface area contributed by atoms with E-state index in [-0.39, 0.29) is 16.4 Å². The van der Waals surface area contributed by atoms with Crippen LogP contribution in [0.4, 0.5) is 17.1 Å². The number of hydrogen-bond acceptors (Lipinski definition) is 5. The third kappa shape index (κ3) is 4.94. The number of amides is 1. The van der Waals surface area contributed by atoms with Gasteiger partial charge in [-0.1, -0.05) is 25.1 Å². The molecule has 0 atom stereocenters. The minimum absolute atomic E-state index is 0.0596. The van der Waals surface area contributed by atoms with Crippen molar-refractivity contribution in [3.63, 3.8) is 0 Å². The topological polar surface area (TPSA) is 87.5 Å². The molecule has 1 saturated heterocycles. The first-order chi connectivity index (χ1) is 14.4. The normalized spacial score (nSPS) is 13.6. The highest BCUT2D eigenvalue weighted by molar-refractivity contribution is 7.80. The van der Waals surface area contributed by atoms with Crippen molar-refractivity contribution in [3.8, 4) is 0 Å². The molecule has 158 valence electrons. The Bertz CT molecular complexity index is 971. The summed E-state index contributed by atoms with van der Waals surface area (Å²) in [7, 11) is 0. The standard InChI is InChI=1S/C22H26N4O3S/c1-3-16-9-7-8-15(2)20(16)23-22(30)24-21(27)17-10-11-18(19(14-17)26(28)29)25-12-5-4-6-13-25/h7-11,14H,3-6,12-13H2,1-2H3,(H2,23,24,27,30). The smallest absolute Gasteiger partial charge is 0.293 e. The molecule has 3 rings (SSSR count). The third-order valence-electron chi connectivity index (χ3n) is 5.34. The minimum atomic E-state index is -0.479. The van der Waals surface area contributed by atoms with Gasteiger partial charge in [-0.25, -0.2) is 0 Å². The molecule has 0 unspecified atom stereocenters. The molecule has 0 radical (unpaired) electrons. The summed E-state index contributed by atoms with van der Waals surface area (Å²) in [4.78, 5) is 25.9. The highest BCUT2D eigenvalue weighted by atomic mass is 32.1. The van der Waals surface area contributed by atoms with Crippen molar-refractivity contribution in [2.75, 3.05) is 23.3 Å². The SMILES string of the molecule is CCc1cccc(C)c1NC(=S)NC(=O)c1ccc(N2CCCCC2)c([N+](=O)[O-])c1. The van der Waals surface area contributed by atoms with Gasteiger partial charge < -0.3 is 10.2 Å². The van der Waals surface area contributed by atoms with E-state index in [9.17, 15) is 14.9 Å². The number of nitro groups is 1. The van der Waals surface area contributed by atoms with Crippen LogP contribution in [0.5, 0.6) is 0 Å². The Morgan fingerprint density at radius 2 is 1.93 bits per heavy atom. The number of para-hydroxylation sites is 1. The van der Waals surface area contributed by atoms with Gasteiger partial charge in [-0.15, -0.1) is 0 Å². The molecule has 0 aromatic heterocycles. The molecule has 7 nitrogen and oxygen atoms in total. The average molecular weight is 427 g/mol. The molecule has 0 spiro atoms. The second kappa shape index (κ2) is 9.67. The van der Waals surface area contributed by atoms with Crippen molar-refractivity contribution in [1.82, 2.24) is 5.32 Å². The maximum atomic E-state index is 12.7. The Hall–Kier alpha value is -3.00. The van der Waals surface area contributed by atoms with E-state index in [0.717, 1.165) is 55.6 Å². The predicted octanol–water partition coefficient (Wildman–Crippen LogP) is 4.58. The average Bonchev–Trinajstić information content (AvgIpc) is 2.75. The number of nitrogens with one attached hydrogen (secondary N) is 2. The van der Waals surface area contributed by atoms with Crippen molar-refractivity contribution in [2.45, 2.75) is 39.5 Å². The van der Waals surface area contributed by atoms with Crippen LogP contribution in [-0.2, 0) is 6.42 Å². The van der Waals surface area contributed by atoms with Crippen LogP contribution < -0.4 is 15.5 Å². The molecule has 2 aromatic rings. The zero-order valence-corrected chi connectivity index (χ0v) is 18.1. The number of nitro benzene ring substituents is 1. The number of hydrogen-bond donors (Lipinski definition) is 2. The first kappa shape index (κ1) is 21.7. The van der Waals surface area contributed by atoms with Crippen LogP contribution in [0.3, 0.4) is 0 Å². The Labute approximate surface area is 181 Å². The minimum Gasteiger partial charge on any atom is -0.366 e. The number of aryl methyl sites for hydroxylation is 2. The van der Waals surface area contributed by atoms with E-state index in [1.807, 2.05) is 36.9 Å². The van der Waals surface area contributed by atoms with E-state index >= 15 is 0 Å². The van der Waals surface area contributed by atoms with Gasteiger partial charge in [0.1, 0.15) is 5.69 Å². The third-order valence-corrected chi connectivity index (χ3v) is 5.54. The summed E-state index contributed by atoms with van der Waals surface area (Å²) in [6.45, 7) is 5.59. The van der Waals surface area contributed by atoms with E-state index in [0.29, 0.717) is 5.69 Å². The van der Waals surface area contributed by atoms with E-state index < -0.39 is 10.8 Å². The van der Waals surface area contributed by atoms with Crippen LogP contribution in [0, 0.1) is 17.0 Å². The molecule has 0 saturated carbocycles. The Balaban J connectivity index is 1.76. The van der Waals surface area contributed by atoms with Gasteiger partial charge in [-0.2, -0.15) is 0 Å². The van der Waals surface area contributed by atoms with Crippen molar-refractivity contribution >= 4 is 40.3 Å². The zero-order chi connectivity index (χ0) is 21.7. The van der Waals surface area contributed by atoms with Crippen molar-refractivity contribution in [3.05, 3.63) is 63.2 Å². The van der Waals surface area contributed by atoms with Crippen LogP contribution in [0.25, 0.3) is 0 Å². The highest BCUT2D eigenvalue weighted by Crippen LogP contribution is 2.31. The molecule has 1 amide bonds. The Morgan fingerprint density at radius 3 is 2.60 bits per heavy atom. The number of piperidine rings is 1. The fraction of sp³-hybridized carbons (Fsp3) is 0.364. The number of anilines is 2. The highest BCUT2D eigenvalue weighted by Gasteiger charge is 2.23. The van der Waals surface area contributed by atoms with Gasteiger partial charge in [0.15, 0.2) is 5.11 Å². The van der Waals surface area contributed by atoms with E-state index in [4.69, 9.17) is 12.2 Å². The van der Waals surface area contributed by atoms with Gasteiger partial charge in [0.05, 0.1) is 4.92 Å². The fourth-order valence-corrected chi connectivity index (χ4v) is 3.93. The summed E-state index contributed by atoms with van der Waals surface area (Å²) in [5.74, 6) is -0.479. The molecule has 30 heavy (non-hydrogen) atoms. The van der Waals surface area contributed by atoms with Gasteiger partial charge in [0.25, 0.3) is 11.6 Å². The second-order valence-corrected chi connectivity index (χ2v) is 7.79. The lowest BCUT2D eigenvalue weighted by molar-refractivity contribution is -0.384. The summed E-state index contributed by atoms with van der Waals surface area (Å²) in [5.41, 5.74) is 3.68. The molecular formula is C22H26N4O3S. The van der Waals surface area contributed by atoms with Gasteiger partial charge >= 0.3 is 0 Å². The Kier molecular flexibility index (Phi) is 6.99. The van der Waals surface area contributed by atoms with Gasteiger partial charge in [-0.05, 0) is 68.1 Å². The van der Waals surface area contributed by atoms with Crippen LogP contribution in [0.1, 0.15) is 47.7 Å². The van der Waals surface area contributed by atoms with Gasteiger partial charge in [0.2, 0.25) is 0 Å². The second-order valence-electron chi connectivity index (χ2n) is 7.38. The fourth-order valence-electron chi connectivity index (χ4n) is 3.74. The molecule has 0 bridgehead atoms. The summed E-state index contributed by atoms with van der Waals surface area (Å²) in [6.07, 6.45) is 3.98. The van der Waals surface area contributed by atoms with Crippen LogP contribution >= 0.6 is 12.2 Å². The summed E-state index contributed by atoms with van der Waals surface area (Å²) < 4.78 is 0. The monoisotopic (exact) mass is 426 g/mol. The van der Waals surface area contributed by atoms with Crippen LogP contribution in [-0.4, -0.2) is 29.0 Å².